The molecule has 0 aliphatic heterocycles. The molecule has 0 fully saturated rings. The molecule has 0 aliphatic rings. The van der Waals surface area contributed by atoms with Crippen molar-refractivity contribution in [3.63, 3.8) is 0 Å². The predicted molar refractivity (Wildman–Crippen MR) is 111 cm³/mol. The zero-order valence-corrected chi connectivity index (χ0v) is 16.0. The lowest BCUT2D eigenvalue weighted by Crippen LogP contribution is -2.16. The van der Waals surface area contributed by atoms with E-state index in [-0.39, 0.29) is 12.3 Å². The summed E-state index contributed by atoms with van der Waals surface area (Å²) < 4.78 is 5.51. The van der Waals surface area contributed by atoms with Crippen molar-refractivity contribution in [1.82, 2.24) is 10.2 Å². The number of hydrogen-bond acceptors (Lipinski definition) is 5. The van der Waals surface area contributed by atoms with Crippen molar-refractivity contribution < 1.29 is 9.53 Å². The van der Waals surface area contributed by atoms with Crippen LogP contribution in [0.1, 0.15) is 12.0 Å². The van der Waals surface area contributed by atoms with E-state index in [1.165, 1.54) is 0 Å². The minimum absolute atomic E-state index is 0.174. The number of ether oxygens (including phenoxy) is 1. The van der Waals surface area contributed by atoms with E-state index in [9.17, 15) is 4.79 Å². The molecule has 0 unspecified atom stereocenters. The minimum Gasteiger partial charge on any atom is -0.493 e. The summed E-state index contributed by atoms with van der Waals surface area (Å²) >= 11 is 5.98. The molecule has 0 bridgehead atoms. The van der Waals surface area contributed by atoms with Gasteiger partial charge in [-0.05, 0) is 48.4 Å². The van der Waals surface area contributed by atoms with Crippen LogP contribution in [0.25, 0.3) is 0 Å². The summed E-state index contributed by atoms with van der Waals surface area (Å²) in [7, 11) is 0. The summed E-state index contributed by atoms with van der Waals surface area (Å²) in [4.78, 5) is 12.0. The SMILES string of the molecule is O=C(CCOc1ccccc1)Nc1ccc(NCCc2cccc(Cl)c2)nn1. The molecule has 2 aromatic carbocycles. The highest BCUT2D eigenvalue weighted by Gasteiger charge is 2.05. The third-order valence-electron chi connectivity index (χ3n) is 3.88. The van der Waals surface area contributed by atoms with Crippen LogP contribution < -0.4 is 15.4 Å². The average Bonchev–Trinajstić information content (AvgIpc) is 2.70. The minimum atomic E-state index is -0.174. The number of carbonyl (C=O) groups is 1. The Morgan fingerprint density at radius 3 is 2.50 bits per heavy atom. The number of aromatic nitrogens is 2. The quantitative estimate of drug-likeness (QED) is 0.567. The lowest BCUT2D eigenvalue weighted by Gasteiger charge is -2.08. The highest BCUT2D eigenvalue weighted by atomic mass is 35.5. The Hall–Kier alpha value is -3.12. The summed E-state index contributed by atoms with van der Waals surface area (Å²) in [6, 6.07) is 20.6. The molecule has 6 nitrogen and oxygen atoms in total. The van der Waals surface area contributed by atoms with Gasteiger partial charge < -0.3 is 15.4 Å². The zero-order chi connectivity index (χ0) is 19.6. The number of carbonyl (C=O) groups excluding carboxylic acids is 1. The molecular formula is C21H21ClN4O2. The fourth-order valence-corrected chi connectivity index (χ4v) is 2.72. The van der Waals surface area contributed by atoms with E-state index in [2.05, 4.69) is 20.8 Å². The molecule has 0 aliphatic carbocycles. The van der Waals surface area contributed by atoms with Gasteiger partial charge >= 0.3 is 0 Å². The van der Waals surface area contributed by atoms with Crippen LogP contribution in [0.3, 0.4) is 0 Å². The molecule has 144 valence electrons. The first-order valence-electron chi connectivity index (χ1n) is 8.99. The smallest absolute Gasteiger partial charge is 0.229 e. The van der Waals surface area contributed by atoms with Crippen LogP contribution in [-0.4, -0.2) is 29.3 Å². The van der Waals surface area contributed by atoms with Crippen molar-refractivity contribution in [3.8, 4) is 5.75 Å². The number of anilines is 2. The second kappa shape index (κ2) is 10.3. The van der Waals surface area contributed by atoms with Gasteiger partial charge in [0.05, 0.1) is 13.0 Å². The summed E-state index contributed by atoms with van der Waals surface area (Å²) in [6.07, 6.45) is 1.05. The van der Waals surface area contributed by atoms with Crippen LogP contribution in [0.5, 0.6) is 5.75 Å². The number of halogens is 1. The third-order valence-corrected chi connectivity index (χ3v) is 4.12. The van der Waals surface area contributed by atoms with Gasteiger partial charge in [-0.25, -0.2) is 0 Å². The van der Waals surface area contributed by atoms with Crippen LogP contribution in [0.4, 0.5) is 11.6 Å². The first-order chi connectivity index (χ1) is 13.7. The monoisotopic (exact) mass is 396 g/mol. The van der Waals surface area contributed by atoms with Gasteiger partial charge in [0.1, 0.15) is 11.6 Å². The second-order valence-electron chi connectivity index (χ2n) is 6.07. The van der Waals surface area contributed by atoms with E-state index in [1.54, 1.807) is 12.1 Å². The topological polar surface area (TPSA) is 76.1 Å². The van der Waals surface area contributed by atoms with Gasteiger partial charge in [0.15, 0.2) is 5.82 Å². The molecule has 3 aromatic rings. The maximum atomic E-state index is 12.0. The molecule has 0 spiro atoms. The molecule has 0 saturated carbocycles. The van der Waals surface area contributed by atoms with Crippen molar-refractivity contribution in [2.24, 2.45) is 0 Å². The Bertz CT molecular complexity index is 888. The summed E-state index contributed by atoms with van der Waals surface area (Å²) in [6.45, 7) is 1.00. The van der Waals surface area contributed by atoms with Crippen LogP contribution in [0.2, 0.25) is 5.02 Å². The number of hydrogen-bond donors (Lipinski definition) is 2. The zero-order valence-electron chi connectivity index (χ0n) is 15.3. The van der Waals surface area contributed by atoms with Crippen LogP contribution in [0.15, 0.2) is 66.7 Å². The molecule has 28 heavy (non-hydrogen) atoms. The molecule has 0 atom stereocenters. The third kappa shape index (κ3) is 6.55. The molecule has 7 heteroatoms. The molecule has 2 N–H and O–H groups in total. The van der Waals surface area contributed by atoms with Gasteiger partial charge in [0.25, 0.3) is 0 Å². The lowest BCUT2D eigenvalue weighted by atomic mass is 10.1. The van der Waals surface area contributed by atoms with E-state index < -0.39 is 0 Å². The average molecular weight is 397 g/mol. The van der Waals surface area contributed by atoms with Crippen LogP contribution in [-0.2, 0) is 11.2 Å². The van der Waals surface area contributed by atoms with Gasteiger partial charge in [-0.2, -0.15) is 0 Å². The Morgan fingerprint density at radius 1 is 0.964 bits per heavy atom. The number of benzene rings is 2. The van der Waals surface area contributed by atoms with Gasteiger partial charge in [-0.1, -0.05) is 41.9 Å². The van der Waals surface area contributed by atoms with Crippen molar-refractivity contribution in [2.75, 3.05) is 23.8 Å². The van der Waals surface area contributed by atoms with E-state index in [1.807, 2.05) is 54.6 Å². The Kier molecular flexibility index (Phi) is 7.21. The van der Waals surface area contributed by atoms with E-state index in [0.29, 0.717) is 24.8 Å². The maximum absolute atomic E-state index is 12.0. The molecular weight excluding hydrogens is 376 g/mol. The van der Waals surface area contributed by atoms with E-state index >= 15 is 0 Å². The number of nitrogens with one attached hydrogen (secondary N) is 2. The predicted octanol–water partition coefficient (Wildman–Crippen LogP) is 4.19. The maximum Gasteiger partial charge on any atom is 0.229 e. The number of nitrogens with zero attached hydrogens (tertiary/aromatic N) is 2. The second-order valence-corrected chi connectivity index (χ2v) is 6.51. The number of rotatable bonds is 9. The van der Waals surface area contributed by atoms with Gasteiger partial charge in [-0.15, -0.1) is 10.2 Å². The normalized spacial score (nSPS) is 10.3. The fraction of sp³-hybridized carbons (Fsp3) is 0.190. The fourth-order valence-electron chi connectivity index (χ4n) is 2.50. The summed E-state index contributed by atoms with van der Waals surface area (Å²) in [5.74, 6) is 1.62. The summed E-state index contributed by atoms with van der Waals surface area (Å²) in [5, 5.41) is 14.7. The molecule has 0 radical (unpaired) electrons. The molecule has 3 rings (SSSR count). The first-order valence-corrected chi connectivity index (χ1v) is 9.36. The first kappa shape index (κ1) is 19.6. The standard InChI is InChI=1S/C21H21ClN4O2/c22-17-6-4-5-16(15-17)11-13-23-19-9-10-20(26-25-19)24-21(27)12-14-28-18-7-2-1-3-8-18/h1-10,15H,11-14H2,(H,23,25)(H,24,26,27). The molecule has 1 amide bonds. The Balaban J connectivity index is 1.38. The highest BCUT2D eigenvalue weighted by Crippen LogP contribution is 2.12. The van der Waals surface area contributed by atoms with E-state index in [0.717, 1.165) is 22.8 Å². The largest absolute Gasteiger partial charge is 0.493 e. The van der Waals surface area contributed by atoms with Crippen LogP contribution in [0, 0.1) is 0 Å². The molecule has 0 saturated heterocycles. The molecule has 1 heterocycles. The summed E-state index contributed by atoms with van der Waals surface area (Å²) in [5.41, 5.74) is 1.15. The van der Waals surface area contributed by atoms with Gasteiger partial charge in [-0.3, -0.25) is 4.79 Å². The van der Waals surface area contributed by atoms with Crippen molar-refractivity contribution in [2.45, 2.75) is 12.8 Å². The number of amides is 1. The van der Waals surface area contributed by atoms with Crippen LogP contribution >= 0.6 is 11.6 Å². The van der Waals surface area contributed by atoms with Gasteiger partial charge in [0, 0.05) is 11.6 Å². The Morgan fingerprint density at radius 2 is 1.75 bits per heavy atom. The lowest BCUT2D eigenvalue weighted by molar-refractivity contribution is -0.116. The Labute approximate surface area is 168 Å². The molecule has 1 aromatic heterocycles. The van der Waals surface area contributed by atoms with Crippen molar-refractivity contribution in [1.29, 1.82) is 0 Å². The van der Waals surface area contributed by atoms with E-state index in [4.69, 9.17) is 16.3 Å². The van der Waals surface area contributed by atoms with Crippen molar-refractivity contribution >= 4 is 29.1 Å². The highest BCUT2D eigenvalue weighted by molar-refractivity contribution is 6.30. The number of para-hydroxylation sites is 1. The van der Waals surface area contributed by atoms with Crippen molar-refractivity contribution in [3.05, 3.63) is 77.3 Å². The van der Waals surface area contributed by atoms with Gasteiger partial charge in [0.2, 0.25) is 5.91 Å².